The van der Waals surface area contributed by atoms with Crippen molar-refractivity contribution in [2.45, 2.75) is 13.3 Å². The molecule has 0 atom stereocenters. The summed E-state index contributed by atoms with van der Waals surface area (Å²) in [6, 6.07) is 7.67. The minimum atomic E-state index is 0.658. The molecule has 1 N–H and O–H groups in total. The quantitative estimate of drug-likeness (QED) is 0.933. The molecule has 1 heterocycles. The number of nitrogens with zero attached hydrogens (tertiary/aromatic N) is 2. The number of halogens is 1. The molecule has 1 aromatic heterocycles. The van der Waals surface area contributed by atoms with Crippen molar-refractivity contribution in [3.05, 3.63) is 44.3 Å². The van der Waals surface area contributed by atoms with Gasteiger partial charge in [0.15, 0.2) is 0 Å². The van der Waals surface area contributed by atoms with Gasteiger partial charge in [0.2, 0.25) is 0 Å². The third-order valence-electron chi connectivity index (χ3n) is 2.61. The van der Waals surface area contributed by atoms with Crippen LogP contribution in [0.5, 0.6) is 0 Å². The highest BCUT2D eigenvalue weighted by atomic mass is 79.9. The lowest BCUT2D eigenvalue weighted by molar-refractivity contribution is 1.02. The maximum absolute atomic E-state index is 8.79. The lowest BCUT2D eigenvalue weighted by Gasteiger charge is -2.08. The largest absolute Gasteiger partial charge is 0.384 e. The molecule has 0 saturated carbocycles. The van der Waals surface area contributed by atoms with E-state index >= 15 is 0 Å². The van der Waals surface area contributed by atoms with Crippen molar-refractivity contribution >= 4 is 33.0 Å². The predicted octanol–water partition coefficient (Wildman–Crippen LogP) is 3.74. The van der Waals surface area contributed by atoms with E-state index in [9.17, 15) is 0 Å². The molecule has 2 aromatic rings. The van der Waals surface area contributed by atoms with Crippen LogP contribution in [-0.2, 0) is 6.42 Å². The van der Waals surface area contributed by atoms with Crippen LogP contribution in [0.4, 0.5) is 5.69 Å². The smallest absolute Gasteiger partial charge is 0.0992 e. The molecule has 3 nitrogen and oxygen atoms in total. The van der Waals surface area contributed by atoms with E-state index in [0.29, 0.717) is 5.56 Å². The molecule has 1 aromatic carbocycles. The number of hydrogen-bond donors (Lipinski definition) is 1. The van der Waals surface area contributed by atoms with Crippen molar-refractivity contribution in [3.8, 4) is 6.07 Å². The van der Waals surface area contributed by atoms with Crippen LogP contribution in [0.15, 0.2) is 28.2 Å². The fraction of sp³-hybridized carbons (Fsp3) is 0.231. The highest BCUT2D eigenvalue weighted by molar-refractivity contribution is 9.10. The molecule has 0 bridgehead atoms. The van der Waals surface area contributed by atoms with Gasteiger partial charge in [0, 0.05) is 28.0 Å². The van der Waals surface area contributed by atoms with Crippen LogP contribution >= 0.6 is 27.3 Å². The van der Waals surface area contributed by atoms with Crippen molar-refractivity contribution in [2.24, 2.45) is 0 Å². The van der Waals surface area contributed by atoms with Crippen LogP contribution in [0, 0.1) is 18.3 Å². The maximum atomic E-state index is 8.79. The van der Waals surface area contributed by atoms with Crippen molar-refractivity contribution < 1.29 is 0 Å². The fourth-order valence-electron chi connectivity index (χ4n) is 1.60. The van der Waals surface area contributed by atoms with E-state index in [2.05, 4.69) is 32.3 Å². The van der Waals surface area contributed by atoms with E-state index in [1.165, 1.54) is 4.88 Å². The molecule has 2 rings (SSSR count). The van der Waals surface area contributed by atoms with Crippen LogP contribution in [0.2, 0.25) is 0 Å². The summed E-state index contributed by atoms with van der Waals surface area (Å²) in [7, 11) is 0. The Hall–Kier alpha value is -1.38. The molecule has 18 heavy (non-hydrogen) atoms. The number of nitriles is 1. The van der Waals surface area contributed by atoms with Gasteiger partial charge in [-0.1, -0.05) is 0 Å². The molecule has 0 radical (unpaired) electrons. The summed E-state index contributed by atoms with van der Waals surface area (Å²) in [6.07, 6.45) is 0.961. The van der Waals surface area contributed by atoms with E-state index in [1.807, 2.05) is 30.6 Å². The molecular weight excluding hydrogens is 310 g/mol. The highest BCUT2D eigenvalue weighted by Gasteiger charge is 2.03. The minimum Gasteiger partial charge on any atom is -0.384 e. The zero-order valence-corrected chi connectivity index (χ0v) is 12.3. The Morgan fingerprint density at radius 3 is 2.94 bits per heavy atom. The van der Waals surface area contributed by atoms with Crippen LogP contribution in [-0.4, -0.2) is 11.5 Å². The second-order valence-corrected chi connectivity index (χ2v) is 5.64. The van der Waals surface area contributed by atoms with Crippen LogP contribution in [0.1, 0.15) is 16.1 Å². The number of rotatable bonds is 4. The summed E-state index contributed by atoms with van der Waals surface area (Å²) in [5, 5.41) is 12.1. The molecule has 0 aliphatic heterocycles. The van der Waals surface area contributed by atoms with E-state index < -0.39 is 0 Å². The van der Waals surface area contributed by atoms with Gasteiger partial charge in [-0.2, -0.15) is 5.26 Å². The molecule has 5 heteroatoms. The average Bonchev–Trinajstić information content (AvgIpc) is 2.77. The summed E-state index contributed by atoms with van der Waals surface area (Å²) in [5.74, 6) is 0. The van der Waals surface area contributed by atoms with E-state index in [-0.39, 0.29) is 0 Å². The van der Waals surface area contributed by atoms with E-state index in [0.717, 1.165) is 28.8 Å². The molecule has 0 aliphatic carbocycles. The summed E-state index contributed by atoms with van der Waals surface area (Å²) < 4.78 is 0.919. The summed E-state index contributed by atoms with van der Waals surface area (Å²) in [5.41, 5.74) is 4.66. The Balaban J connectivity index is 1.95. The van der Waals surface area contributed by atoms with Crippen molar-refractivity contribution in [1.29, 1.82) is 5.26 Å². The molecule has 0 aliphatic rings. The molecule has 0 saturated heterocycles. The molecule has 0 amide bonds. The van der Waals surface area contributed by atoms with Crippen LogP contribution in [0.3, 0.4) is 0 Å². The summed E-state index contributed by atoms with van der Waals surface area (Å²) in [4.78, 5) is 5.54. The topological polar surface area (TPSA) is 48.7 Å². The van der Waals surface area contributed by atoms with Gasteiger partial charge in [0.25, 0.3) is 0 Å². The number of thiazole rings is 1. The summed E-state index contributed by atoms with van der Waals surface area (Å²) >= 11 is 5.15. The van der Waals surface area contributed by atoms with Gasteiger partial charge in [-0.25, -0.2) is 4.98 Å². The van der Waals surface area contributed by atoms with Gasteiger partial charge in [-0.05, 0) is 41.1 Å². The number of benzene rings is 1. The third kappa shape index (κ3) is 3.09. The maximum Gasteiger partial charge on any atom is 0.0992 e. The van der Waals surface area contributed by atoms with Crippen LogP contribution in [0.25, 0.3) is 0 Å². The fourth-order valence-corrected chi connectivity index (χ4v) is 2.91. The monoisotopic (exact) mass is 321 g/mol. The summed E-state index contributed by atoms with van der Waals surface area (Å²) in [6.45, 7) is 2.89. The molecule has 0 spiro atoms. The molecule has 0 fully saturated rings. The Kier molecular flexibility index (Phi) is 4.34. The number of hydrogen-bond acceptors (Lipinski definition) is 4. The van der Waals surface area contributed by atoms with E-state index in [1.54, 1.807) is 11.3 Å². The minimum absolute atomic E-state index is 0.658. The van der Waals surface area contributed by atoms with Crippen molar-refractivity contribution in [2.75, 3.05) is 11.9 Å². The molecular formula is C13H12BrN3S. The number of anilines is 1. The normalized spacial score (nSPS) is 10.1. The van der Waals surface area contributed by atoms with Crippen molar-refractivity contribution in [3.63, 3.8) is 0 Å². The Bertz CT molecular complexity index is 586. The van der Waals surface area contributed by atoms with Gasteiger partial charge < -0.3 is 5.32 Å². The first-order valence-electron chi connectivity index (χ1n) is 5.53. The lowest BCUT2D eigenvalue weighted by Crippen LogP contribution is -2.05. The van der Waals surface area contributed by atoms with Crippen molar-refractivity contribution in [1.82, 2.24) is 4.98 Å². The van der Waals surface area contributed by atoms with Gasteiger partial charge >= 0.3 is 0 Å². The zero-order chi connectivity index (χ0) is 13.0. The van der Waals surface area contributed by atoms with Gasteiger partial charge in [0.05, 0.1) is 22.8 Å². The predicted molar refractivity (Wildman–Crippen MR) is 77.9 cm³/mol. The standard InChI is InChI=1S/C13H12BrN3S/c1-9-13(18-8-17-9)4-5-16-12-3-2-10(7-15)6-11(12)14/h2-3,6,8,16H,4-5H2,1H3. The first kappa shape index (κ1) is 13.1. The second kappa shape index (κ2) is 5.98. The Labute approximate surface area is 119 Å². The Morgan fingerprint density at radius 2 is 2.33 bits per heavy atom. The van der Waals surface area contributed by atoms with Gasteiger partial charge in [-0.15, -0.1) is 11.3 Å². The number of nitrogens with one attached hydrogen (secondary N) is 1. The highest BCUT2D eigenvalue weighted by Crippen LogP contribution is 2.23. The SMILES string of the molecule is Cc1ncsc1CCNc1ccc(C#N)cc1Br. The molecule has 92 valence electrons. The lowest BCUT2D eigenvalue weighted by atomic mass is 10.2. The first-order valence-corrected chi connectivity index (χ1v) is 7.20. The number of aromatic nitrogens is 1. The van der Waals surface area contributed by atoms with Gasteiger partial charge in [0.1, 0.15) is 0 Å². The second-order valence-electron chi connectivity index (χ2n) is 3.84. The van der Waals surface area contributed by atoms with Gasteiger partial charge in [-0.3, -0.25) is 0 Å². The number of aryl methyl sites for hydroxylation is 1. The van der Waals surface area contributed by atoms with Crippen LogP contribution < -0.4 is 5.32 Å². The first-order chi connectivity index (χ1) is 8.70. The Morgan fingerprint density at radius 1 is 1.50 bits per heavy atom. The molecule has 0 unspecified atom stereocenters. The van der Waals surface area contributed by atoms with E-state index in [4.69, 9.17) is 5.26 Å². The third-order valence-corrected chi connectivity index (χ3v) is 4.26. The average molecular weight is 322 g/mol. The zero-order valence-electron chi connectivity index (χ0n) is 9.90.